The van der Waals surface area contributed by atoms with Crippen molar-refractivity contribution in [3.8, 4) is 17.2 Å². The number of hydrogen-bond donors (Lipinski definition) is 0. The van der Waals surface area contributed by atoms with Crippen molar-refractivity contribution < 1.29 is 9.15 Å². The number of benzene rings is 2. The van der Waals surface area contributed by atoms with Crippen LogP contribution in [-0.4, -0.2) is 48.1 Å². The van der Waals surface area contributed by atoms with Gasteiger partial charge in [0.15, 0.2) is 0 Å². The fourth-order valence-corrected chi connectivity index (χ4v) is 3.25. The standard InChI is InChI=1S/C23H27N3O2S/c1-26(2)15-7-6-8-19-11-13-20(14-12-19)23-25-24-22(28-23)18-29-17-16-27-21-9-4-3-5-10-21/h3-6,8-14H,7,15-18H2,1-2H3. The molecule has 0 aliphatic rings. The lowest BCUT2D eigenvalue weighted by Crippen LogP contribution is -2.11. The van der Waals surface area contributed by atoms with Crippen molar-refractivity contribution in [3.63, 3.8) is 0 Å². The molecule has 0 amide bonds. The van der Waals surface area contributed by atoms with Gasteiger partial charge in [0.2, 0.25) is 11.8 Å². The molecule has 0 fully saturated rings. The number of para-hydroxylation sites is 1. The second-order valence-corrected chi connectivity index (χ2v) is 7.94. The van der Waals surface area contributed by atoms with Gasteiger partial charge in [-0.25, -0.2) is 0 Å². The summed E-state index contributed by atoms with van der Waals surface area (Å²) < 4.78 is 11.5. The highest BCUT2D eigenvalue weighted by Gasteiger charge is 2.08. The SMILES string of the molecule is CN(C)CCC=Cc1ccc(-c2nnc(CSCCOc3ccccc3)o2)cc1. The van der Waals surface area contributed by atoms with Crippen molar-refractivity contribution in [2.75, 3.05) is 33.0 Å². The van der Waals surface area contributed by atoms with Crippen molar-refractivity contribution in [2.24, 2.45) is 0 Å². The van der Waals surface area contributed by atoms with Crippen molar-refractivity contribution >= 4 is 17.8 Å². The molecule has 1 aromatic heterocycles. The highest BCUT2D eigenvalue weighted by Crippen LogP contribution is 2.21. The summed E-state index contributed by atoms with van der Waals surface area (Å²) in [6.45, 7) is 1.70. The number of aromatic nitrogens is 2. The zero-order valence-corrected chi connectivity index (χ0v) is 17.8. The lowest BCUT2D eigenvalue weighted by molar-refractivity contribution is 0.344. The van der Waals surface area contributed by atoms with Crippen LogP contribution in [0.4, 0.5) is 0 Å². The Labute approximate surface area is 176 Å². The maximum atomic E-state index is 5.79. The van der Waals surface area contributed by atoms with E-state index >= 15 is 0 Å². The number of hydrogen-bond acceptors (Lipinski definition) is 6. The topological polar surface area (TPSA) is 51.4 Å². The van der Waals surface area contributed by atoms with Gasteiger partial charge < -0.3 is 14.1 Å². The number of nitrogens with zero attached hydrogens (tertiary/aromatic N) is 3. The van der Waals surface area contributed by atoms with Gasteiger partial charge in [-0.1, -0.05) is 42.5 Å². The minimum absolute atomic E-state index is 0.560. The third-order valence-electron chi connectivity index (χ3n) is 4.14. The van der Waals surface area contributed by atoms with Crippen LogP contribution in [0.2, 0.25) is 0 Å². The third-order valence-corrected chi connectivity index (χ3v) is 5.05. The van der Waals surface area contributed by atoms with Crippen LogP contribution in [0.15, 0.2) is 65.1 Å². The van der Waals surface area contributed by atoms with Crippen LogP contribution >= 0.6 is 11.8 Å². The first-order valence-electron chi connectivity index (χ1n) is 9.70. The highest BCUT2D eigenvalue weighted by molar-refractivity contribution is 7.98. The molecule has 0 radical (unpaired) electrons. The van der Waals surface area contributed by atoms with Crippen molar-refractivity contribution in [2.45, 2.75) is 12.2 Å². The van der Waals surface area contributed by atoms with E-state index in [0.29, 0.717) is 24.1 Å². The molecule has 0 bridgehead atoms. The van der Waals surface area contributed by atoms with E-state index in [1.807, 2.05) is 42.5 Å². The van der Waals surface area contributed by atoms with E-state index in [9.17, 15) is 0 Å². The van der Waals surface area contributed by atoms with E-state index in [1.54, 1.807) is 11.8 Å². The Kier molecular flexibility index (Phi) is 8.34. The predicted octanol–water partition coefficient (Wildman–Crippen LogP) is 5.01. The Morgan fingerprint density at radius 2 is 1.83 bits per heavy atom. The second kappa shape index (κ2) is 11.4. The van der Waals surface area contributed by atoms with Gasteiger partial charge in [-0.15, -0.1) is 22.0 Å². The Morgan fingerprint density at radius 3 is 2.59 bits per heavy atom. The summed E-state index contributed by atoms with van der Waals surface area (Å²) in [5, 5.41) is 8.32. The lowest BCUT2D eigenvalue weighted by Gasteiger charge is -2.05. The largest absolute Gasteiger partial charge is 0.493 e. The summed E-state index contributed by atoms with van der Waals surface area (Å²) in [5.74, 6) is 3.63. The molecule has 0 aliphatic heterocycles. The fourth-order valence-electron chi connectivity index (χ4n) is 2.61. The molecule has 29 heavy (non-hydrogen) atoms. The van der Waals surface area contributed by atoms with Crippen molar-refractivity contribution in [1.82, 2.24) is 15.1 Å². The fraction of sp³-hybridized carbons (Fsp3) is 0.304. The van der Waals surface area contributed by atoms with Gasteiger partial charge in [-0.2, -0.15) is 0 Å². The monoisotopic (exact) mass is 409 g/mol. The molecule has 6 heteroatoms. The van der Waals surface area contributed by atoms with Crippen LogP contribution in [0.5, 0.6) is 5.75 Å². The summed E-state index contributed by atoms with van der Waals surface area (Å²) in [4.78, 5) is 2.18. The van der Waals surface area contributed by atoms with Gasteiger partial charge in [0.1, 0.15) is 5.75 Å². The average Bonchev–Trinajstić information content (AvgIpc) is 3.21. The van der Waals surface area contributed by atoms with E-state index < -0.39 is 0 Å². The predicted molar refractivity (Wildman–Crippen MR) is 120 cm³/mol. The molecule has 1 heterocycles. The lowest BCUT2D eigenvalue weighted by atomic mass is 10.1. The van der Waals surface area contributed by atoms with E-state index in [0.717, 1.165) is 30.0 Å². The Hall–Kier alpha value is -2.57. The quantitative estimate of drug-likeness (QED) is 0.415. The molecular weight excluding hydrogens is 382 g/mol. The van der Waals surface area contributed by atoms with Crippen LogP contribution in [0.1, 0.15) is 17.9 Å². The minimum atomic E-state index is 0.560. The van der Waals surface area contributed by atoms with Crippen LogP contribution in [-0.2, 0) is 5.75 Å². The van der Waals surface area contributed by atoms with E-state index in [2.05, 4.69) is 53.5 Å². The molecule has 3 rings (SSSR count). The van der Waals surface area contributed by atoms with Crippen molar-refractivity contribution in [1.29, 1.82) is 0 Å². The van der Waals surface area contributed by atoms with E-state index in [4.69, 9.17) is 9.15 Å². The van der Waals surface area contributed by atoms with Crippen LogP contribution in [0.3, 0.4) is 0 Å². The first-order valence-corrected chi connectivity index (χ1v) is 10.9. The van der Waals surface area contributed by atoms with Gasteiger partial charge in [-0.3, -0.25) is 0 Å². The summed E-state index contributed by atoms with van der Waals surface area (Å²) in [6, 6.07) is 18.0. The normalized spacial score (nSPS) is 11.4. The molecule has 2 aromatic carbocycles. The summed E-state index contributed by atoms with van der Waals surface area (Å²) in [6.07, 6.45) is 5.37. The van der Waals surface area contributed by atoms with Crippen LogP contribution in [0.25, 0.3) is 17.5 Å². The van der Waals surface area contributed by atoms with Gasteiger partial charge >= 0.3 is 0 Å². The molecule has 0 saturated carbocycles. The Morgan fingerprint density at radius 1 is 1.03 bits per heavy atom. The van der Waals surface area contributed by atoms with Crippen LogP contribution in [0, 0.1) is 0 Å². The maximum Gasteiger partial charge on any atom is 0.247 e. The summed E-state index contributed by atoms with van der Waals surface area (Å²) in [5.41, 5.74) is 2.10. The van der Waals surface area contributed by atoms with E-state index in [-0.39, 0.29) is 0 Å². The molecular formula is C23H27N3O2S. The summed E-state index contributed by atoms with van der Waals surface area (Å²) >= 11 is 1.72. The van der Waals surface area contributed by atoms with Gasteiger partial charge in [0, 0.05) is 17.9 Å². The smallest absolute Gasteiger partial charge is 0.247 e. The van der Waals surface area contributed by atoms with Gasteiger partial charge in [0.25, 0.3) is 0 Å². The second-order valence-electron chi connectivity index (χ2n) is 6.83. The highest BCUT2D eigenvalue weighted by atomic mass is 32.2. The third kappa shape index (κ3) is 7.40. The molecule has 0 N–H and O–H groups in total. The molecule has 152 valence electrons. The first kappa shape index (κ1) is 21.1. The van der Waals surface area contributed by atoms with Crippen LogP contribution < -0.4 is 4.74 Å². The number of ether oxygens (including phenoxy) is 1. The first-order chi connectivity index (χ1) is 14.2. The van der Waals surface area contributed by atoms with E-state index in [1.165, 1.54) is 5.56 Å². The molecule has 0 aliphatic carbocycles. The molecule has 3 aromatic rings. The average molecular weight is 410 g/mol. The molecule has 0 atom stereocenters. The zero-order chi connectivity index (χ0) is 20.3. The Balaban J connectivity index is 1.42. The molecule has 5 nitrogen and oxygen atoms in total. The molecule has 0 saturated heterocycles. The van der Waals surface area contributed by atoms with Gasteiger partial charge in [-0.05, 0) is 50.3 Å². The number of thioether (sulfide) groups is 1. The summed E-state index contributed by atoms with van der Waals surface area (Å²) in [7, 11) is 4.16. The Bertz CT molecular complexity index is 877. The minimum Gasteiger partial charge on any atom is -0.493 e. The maximum absolute atomic E-state index is 5.79. The molecule has 0 unspecified atom stereocenters. The van der Waals surface area contributed by atoms with Gasteiger partial charge in [0.05, 0.1) is 12.4 Å². The number of rotatable bonds is 11. The van der Waals surface area contributed by atoms with Crippen molar-refractivity contribution in [3.05, 3.63) is 72.1 Å². The zero-order valence-electron chi connectivity index (χ0n) is 17.0. The molecule has 0 spiro atoms.